The summed E-state index contributed by atoms with van der Waals surface area (Å²) in [7, 11) is 0. The molecule has 4 rings (SSSR count). The molecule has 2 aromatic heterocycles. The third-order valence-electron chi connectivity index (χ3n) is 4.08. The van der Waals surface area contributed by atoms with E-state index in [1.165, 1.54) is 0 Å². The zero-order valence-corrected chi connectivity index (χ0v) is 12.6. The molecule has 0 atom stereocenters. The van der Waals surface area contributed by atoms with Crippen LogP contribution in [-0.2, 0) is 0 Å². The van der Waals surface area contributed by atoms with Crippen LogP contribution in [0, 0.1) is 0 Å². The lowest BCUT2D eigenvalue weighted by atomic mass is 10.0. The number of carbonyl (C=O) groups is 1. The first-order valence-corrected chi connectivity index (χ1v) is 7.84. The van der Waals surface area contributed by atoms with Gasteiger partial charge in [-0.1, -0.05) is 36.4 Å². The van der Waals surface area contributed by atoms with Crippen LogP contribution < -0.4 is 0 Å². The molecule has 0 N–H and O–H groups in total. The number of nitrogens with zero attached hydrogens (tertiary/aromatic N) is 2. The molecule has 23 heavy (non-hydrogen) atoms. The molecule has 2 heterocycles. The van der Waals surface area contributed by atoms with E-state index in [2.05, 4.69) is 9.97 Å². The maximum atomic E-state index is 12.7. The maximum Gasteiger partial charge on any atom is 0.187 e. The van der Waals surface area contributed by atoms with Gasteiger partial charge in [-0.05, 0) is 42.7 Å². The second-order valence-electron chi connectivity index (χ2n) is 5.85. The van der Waals surface area contributed by atoms with Gasteiger partial charge in [-0.3, -0.25) is 4.79 Å². The molecule has 1 saturated carbocycles. The van der Waals surface area contributed by atoms with Gasteiger partial charge in [0.1, 0.15) is 0 Å². The fraction of sp³-hybridized carbons (Fsp3) is 0.150. The largest absolute Gasteiger partial charge is 0.289 e. The minimum Gasteiger partial charge on any atom is -0.289 e. The van der Waals surface area contributed by atoms with Crippen LogP contribution in [-0.4, -0.2) is 15.8 Å². The van der Waals surface area contributed by atoms with Crippen molar-refractivity contribution in [2.75, 3.05) is 0 Å². The summed E-state index contributed by atoms with van der Waals surface area (Å²) in [6.45, 7) is 0. The van der Waals surface area contributed by atoms with Gasteiger partial charge >= 0.3 is 0 Å². The summed E-state index contributed by atoms with van der Waals surface area (Å²) in [4.78, 5) is 21.6. The molecule has 1 fully saturated rings. The molecule has 3 aromatic rings. The third-order valence-corrected chi connectivity index (χ3v) is 4.08. The number of aromatic nitrogens is 2. The molecule has 1 aliphatic carbocycles. The molecule has 1 aliphatic rings. The smallest absolute Gasteiger partial charge is 0.187 e. The second kappa shape index (κ2) is 5.76. The Kier molecular flexibility index (Phi) is 3.46. The second-order valence-corrected chi connectivity index (χ2v) is 5.85. The predicted octanol–water partition coefficient (Wildman–Crippen LogP) is 4.40. The Bertz CT molecular complexity index is 896. The lowest BCUT2D eigenvalue weighted by molar-refractivity contribution is 0.104. The molecule has 1 aromatic carbocycles. The minimum absolute atomic E-state index is 0.00834. The molecule has 0 spiro atoms. The van der Waals surface area contributed by atoms with Gasteiger partial charge in [0.25, 0.3) is 0 Å². The molecule has 0 radical (unpaired) electrons. The molecule has 3 heteroatoms. The van der Waals surface area contributed by atoms with Gasteiger partial charge in [0.15, 0.2) is 11.4 Å². The number of fused-ring (bicyclic) bond motifs is 1. The van der Waals surface area contributed by atoms with Gasteiger partial charge in [0.2, 0.25) is 0 Å². The molecular weight excluding hydrogens is 284 g/mol. The van der Waals surface area contributed by atoms with Crippen LogP contribution in [0.3, 0.4) is 0 Å². The first-order valence-electron chi connectivity index (χ1n) is 7.84. The molecule has 0 aliphatic heterocycles. The summed E-state index contributed by atoms with van der Waals surface area (Å²) >= 11 is 0. The van der Waals surface area contributed by atoms with E-state index in [4.69, 9.17) is 0 Å². The Labute approximate surface area is 134 Å². The van der Waals surface area contributed by atoms with Gasteiger partial charge in [0, 0.05) is 23.1 Å². The Morgan fingerprint density at radius 3 is 2.70 bits per heavy atom. The first-order chi connectivity index (χ1) is 11.3. The normalized spacial score (nSPS) is 14.4. The van der Waals surface area contributed by atoms with Gasteiger partial charge < -0.3 is 0 Å². The van der Waals surface area contributed by atoms with Crippen LogP contribution in [0.4, 0.5) is 0 Å². The zero-order chi connectivity index (χ0) is 15.6. The number of hydrogen-bond donors (Lipinski definition) is 0. The van der Waals surface area contributed by atoms with Crippen molar-refractivity contribution >= 4 is 22.9 Å². The van der Waals surface area contributed by atoms with E-state index < -0.39 is 0 Å². The van der Waals surface area contributed by atoms with Crippen molar-refractivity contribution < 1.29 is 4.79 Å². The lowest BCUT2D eigenvalue weighted by Crippen LogP contribution is -2.04. The quantitative estimate of drug-likeness (QED) is 0.529. The number of rotatable bonds is 4. The molecule has 0 amide bonds. The van der Waals surface area contributed by atoms with Crippen molar-refractivity contribution in [1.29, 1.82) is 0 Å². The van der Waals surface area contributed by atoms with Crippen LogP contribution >= 0.6 is 0 Å². The van der Waals surface area contributed by atoms with Crippen molar-refractivity contribution in [3.05, 3.63) is 77.6 Å². The minimum atomic E-state index is 0.00834. The third kappa shape index (κ3) is 2.90. The van der Waals surface area contributed by atoms with Crippen LogP contribution in [0.15, 0.2) is 60.8 Å². The van der Waals surface area contributed by atoms with Gasteiger partial charge in [0.05, 0.1) is 5.69 Å². The van der Waals surface area contributed by atoms with Gasteiger partial charge in [-0.15, -0.1) is 0 Å². The zero-order valence-electron chi connectivity index (χ0n) is 12.6. The molecule has 0 bridgehead atoms. The fourth-order valence-electron chi connectivity index (χ4n) is 2.71. The van der Waals surface area contributed by atoms with E-state index in [1.54, 1.807) is 12.3 Å². The topological polar surface area (TPSA) is 42.9 Å². The predicted molar refractivity (Wildman–Crippen MR) is 91.3 cm³/mol. The number of allylic oxidation sites excluding steroid dienone is 1. The highest BCUT2D eigenvalue weighted by atomic mass is 16.1. The average molecular weight is 300 g/mol. The van der Waals surface area contributed by atoms with Crippen LogP contribution in [0.1, 0.15) is 40.4 Å². The number of ketones is 1. The van der Waals surface area contributed by atoms with Crippen LogP contribution in [0.2, 0.25) is 0 Å². The molecule has 0 saturated heterocycles. The Balaban J connectivity index is 1.73. The average Bonchev–Trinajstić information content (AvgIpc) is 3.44. The van der Waals surface area contributed by atoms with E-state index in [0.29, 0.717) is 11.5 Å². The molecule has 112 valence electrons. The molecular formula is C20H16N2O. The Hall–Kier alpha value is -2.81. The Morgan fingerprint density at radius 2 is 1.91 bits per heavy atom. The van der Waals surface area contributed by atoms with Crippen molar-refractivity contribution in [3.8, 4) is 0 Å². The number of pyridine rings is 2. The van der Waals surface area contributed by atoms with Crippen molar-refractivity contribution in [3.63, 3.8) is 0 Å². The Morgan fingerprint density at radius 1 is 1.09 bits per heavy atom. The van der Waals surface area contributed by atoms with E-state index >= 15 is 0 Å². The van der Waals surface area contributed by atoms with Crippen molar-refractivity contribution in [1.82, 2.24) is 9.97 Å². The van der Waals surface area contributed by atoms with E-state index in [-0.39, 0.29) is 5.78 Å². The highest BCUT2D eigenvalue weighted by Crippen LogP contribution is 2.41. The van der Waals surface area contributed by atoms with E-state index in [9.17, 15) is 4.79 Å². The summed E-state index contributed by atoms with van der Waals surface area (Å²) in [5.41, 5.74) is 3.35. The molecule has 3 nitrogen and oxygen atoms in total. The van der Waals surface area contributed by atoms with Gasteiger partial charge in [-0.2, -0.15) is 0 Å². The van der Waals surface area contributed by atoms with Gasteiger partial charge in [-0.25, -0.2) is 9.97 Å². The van der Waals surface area contributed by atoms with E-state index in [1.807, 2.05) is 54.6 Å². The number of benzene rings is 1. The summed E-state index contributed by atoms with van der Waals surface area (Å²) in [5.74, 6) is 0.416. The monoisotopic (exact) mass is 300 g/mol. The van der Waals surface area contributed by atoms with Crippen molar-refractivity contribution in [2.24, 2.45) is 0 Å². The number of hydrogen-bond acceptors (Lipinski definition) is 3. The van der Waals surface area contributed by atoms with Crippen LogP contribution in [0.25, 0.3) is 17.1 Å². The van der Waals surface area contributed by atoms with Crippen LogP contribution in [0.5, 0.6) is 0 Å². The highest BCUT2D eigenvalue weighted by Gasteiger charge is 2.29. The number of carbonyl (C=O) groups excluding carboxylic acids is 1. The summed E-state index contributed by atoms with van der Waals surface area (Å²) < 4.78 is 0. The summed E-state index contributed by atoms with van der Waals surface area (Å²) in [5, 5.41) is 0.911. The lowest BCUT2D eigenvalue weighted by Gasteiger charge is -2.07. The van der Waals surface area contributed by atoms with E-state index in [0.717, 1.165) is 35.1 Å². The van der Waals surface area contributed by atoms with Crippen molar-refractivity contribution in [2.45, 2.75) is 18.8 Å². The summed E-state index contributed by atoms with van der Waals surface area (Å²) in [6.07, 6.45) is 7.44. The standard InChI is InChI=1S/C20H16N2O/c23-18(11-8-14-5-2-1-3-6-14)17-13-16-7-4-12-21-20(16)22-19(17)15-9-10-15/h1-8,11-13,15H,9-10H2. The molecule has 0 unspecified atom stereocenters. The highest BCUT2D eigenvalue weighted by molar-refractivity contribution is 6.09. The SMILES string of the molecule is O=C(C=Cc1ccccc1)c1cc2cccnc2nc1C1CC1. The summed E-state index contributed by atoms with van der Waals surface area (Å²) in [6, 6.07) is 15.6. The maximum absolute atomic E-state index is 12.7. The first kappa shape index (κ1) is 13.8. The fourth-order valence-corrected chi connectivity index (χ4v) is 2.71.